The van der Waals surface area contributed by atoms with Crippen molar-refractivity contribution in [2.24, 2.45) is 7.05 Å². The van der Waals surface area contributed by atoms with Gasteiger partial charge in [-0.25, -0.2) is 17.4 Å². The summed E-state index contributed by atoms with van der Waals surface area (Å²) in [5.41, 5.74) is 4.53. The van der Waals surface area contributed by atoms with E-state index in [2.05, 4.69) is 4.98 Å². The fraction of sp³-hybridized carbons (Fsp3) is 0.129. The number of benzene rings is 3. The molecule has 0 amide bonds. The number of nitrogens with zero attached hydrogens (tertiary/aromatic N) is 3. The molecule has 8 heteroatoms. The van der Waals surface area contributed by atoms with Gasteiger partial charge in [-0.3, -0.25) is 0 Å². The number of hydrogen-bond donors (Lipinski definition) is 0. The molecule has 0 atom stereocenters. The SMILES string of the molecule is COc1cc2c(cc1OCc1ccccc1)c(-c1cc3cccnc3n1S(=O)(=O)c1ccc(C)cc1)cn2C. The summed E-state index contributed by atoms with van der Waals surface area (Å²) in [5, 5.41) is 1.57. The van der Waals surface area contributed by atoms with Crippen molar-refractivity contribution in [2.45, 2.75) is 18.4 Å². The lowest BCUT2D eigenvalue weighted by atomic mass is 10.1. The lowest BCUT2D eigenvalue weighted by Gasteiger charge is -2.13. The maximum Gasteiger partial charge on any atom is 0.269 e. The maximum absolute atomic E-state index is 14.1. The van der Waals surface area contributed by atoms with E-state index < -0.39 is 10.0 Å². The van der Waals surface area contributed by atoms with Crippen LogP contribution in [0.5, 0.6) is 11.5 Å². The Hall–Kier alpha value is -4.56. The van der Waals surface area contributed by atoms with Crippen LogP contribution in [0.1, 0.15) is 11.1 Å². The molecule has 6 rings (SSSR count). The minimum Gasteiger partial charge on any atom is -0.493 e. The first-order valence-electron chi connectivity index (χ1n) is 12.5. The molecular formula is C31H27N3O4S. The maximum atomic E-state index is 14.1. The summed E-state index contributed by atoms with van der Waals surface area (Å²) in [5.74, 6) is 1.17. The van der Waals surface area contributed by atoms with Gasteiger partial charge in [0.1, 0.15) is 6.61 Å². The van der Waals surface area contributed by atoms with Crippen molar-refractivity contribution in [3.63, 3.8) is 0 Å². The Balaban J connectivity index is 1.56. The molecule has 0 spiro atoms. The Morgan fingerprint density at radius 1 is 0.897 bits per heavy atom. The number of aromatic nitrogens is 3. The second-order valence-electron chi connectivity index (χ2n) is 9.48. The highest BCUT2D eigenvalue weighted by atomic mass is 32.2. The fourth-order valence-corrected chi connectivity index (χ4v) is 6.34. The van der Waals surface area contributed by atoms with Gasteiger partial charge < -0.3 is 14.0 Å². The average molecular weight is 538 g/mol. The zero-order chi connectivity index (χ0) is 27.1. The predicted octanol–water partition coefficient (Wildman–Crippen LogP) is 6.33. The smallest absolute Gasteiger partial charge is 0.269 e. The van der Waals surface area contributed by atoms with E-state index in [4.69, 9.17) is 9.47 Å². The van der Waals surface area contributed by atoms with Crippen LogP contribution in [0, 0.1) is 6.92 Å². The molecule has 0 saturated carbocycles. The fourth-order valence-electron chi connectivity index (χ4n) is 4.86. The van der Waals surface area contributed by atoms with Gasteiger partial charge in [-0.05, 0) is 48.9 Å². The number of ether oxygens (including phenoxy) is 2. The standard InChI is InChI=1S/C31H27N3O4S/c1-21-11-13-24(14-12-21)39(35,36)34-28(16-23-10-7-15-32-31(23)34)26-19-33(2)27-18-29(37-3)30(17-25(26)27)38-20-22-8-5-4-6-9-22/h4-19H,20H2,1-3H3. The van der Waals surface area contributed by atoms with E-state index >= 15 is 0 Å². The summed E-state index contributed by atoms with van der Waals surface area (Å²) in [6, 6.07) is 26.1. The molecule has 3 aromatic carbocycles. The van der Waals surface area contributed by atoms with Gasteiger partial charge in [0.15, 0.2) is 17.1 Å². The van der Waals surface area contributed by atoms with Gasteiger partial charge in [-0.15, -0.1) is 0 Å². The largest absolute Gasteiger partial charge is 0.493 e. The van der Waals surface area contributed by atoms with Crippen LogP contribution in [0.15, 0.2) is 102 Å². The molecule has 0 aliphatic carbocycles. The first kappa shape index (κ1) is 24.8. The minimum absolute atomic E-state index is 0.200. The highest BCUT2D eigenvalue weighted by Crippen LogP contribution is 2.41. The zero-order valence-corrected chi connectivity index (χ0v) is 22.6. The van der Waals surface area contributed by atoms with Crippen LogP contribution in [0.25, 0.3) is 33.2 Å². The molecular weight excluding hydrogens is 510 g/mol. The lowest BCUT2D eigenvalue weighted by molar-refractivity contribution is 0.285. The van der Waals surface area contributed by atoms with Crippen molar-refractivity contribution in [1.82, 2.24) is 13.5 Å². The third kappa shape index (κ3) is 4.32. The number of hydrogen-bond acceptors (Lipinski definition) is 5. The van der Waals surface area contributed by atoms with E-state index in [9.17, 15) is 8.42 Å². The number of rotatable bonds is 7. The summed E-state index contributed by atoms with van der Waals surface area (Å²) in [7, 11) is -0.422. The third-order valence-electron chi connectivity index (χ3n) is 6.87. The molecule has 0 aliphatic heterocycles. The van der Waals surface area contributed by atoms with Gasteiger partial charge in [-0.2, -0.15) is 0 Å². The molecule has 0 bridgehead atoms. The van der Waals surface area contributed by atoms with Gasteiger partial charge in [0.2, 0.25) is 0 Å². The third-order valence-corrected chi connectivity index (χ3v) is 8.59. The average Bonchev–Trinajstić information content (AvgIpc) is 3.50. The van der Waals surface area contributed by atoms with E-state index in [1.54, 1.807) is 43.6 Å². The van der Waals surface area contributed by atoms with Crippen molar-refractivity contribution >= 4 is 32.0 Å². The lowest BCUT2D eigenvalue weighted by Crippen LogP contribution is -2.14. The molecule has 7 nitrogen and oxygen atoms in total. The Morgan fingerprint density at radius 3 is 2.41 bits per heavy atom. The molecule has 0 aliphatic rings. The highest BCUT2D eigenvalue weighted by molar-refractivity contribution is 7.90. The first-order chi connectivity index (χ1) is 18.9. The summed E-state index contributed by atoms with van der Waals surface area (Å²) in [4.78, 5) is 4.66. The topological polar surface area (TPSA) is 75.3 Å². The Morgan fingerprint density at radius 2 is 1.67 bits per heavy atom. The van der Waals surface area contributed by atoms with Crippen LogP contribution in [-0.2, 0) is 23.7 Å². The molecule has 3 aromatic heterocycles. The minimum atomic E-state index is -3.96. The van der Waals surface area contributed by atoms with Gasteiger partial charge in [0.25, 0.3) is 10.0 Å². The van der Waals surface area contributed by atoms with E-state index in [-0.39, 0.29) is 4.90 Å². The van der Waals surface area contributed by atoms with Gasteiger partial charge in [0.05, 0.1) is 23.2 Å². The van der Waals surface area contributed by atoms with Gasteiger partial charge in [0, 0.05) is 41.8 Å². The predicted molar refractivity (Wildman–Crippen MR) is 153 cm³/mol. The molecule has 0 radical (unpaired) electrons. The summed E-state index contributed by atoms with van der Waals surface area (Å²) in [6.07, 6.45) is 3.54. The Labute approximate surface area is 226 Å². The van der Waals surface area contributed by atoms with E-state index in [1.807, 2.05) is 79.3 Å². The summed E-state index contributed by atoms with van der Waals surface area (Å²) >= 11 is 0. The van der Waals surface area contributed by atoms with E-state index in [0.29, 0.717) is 29.4 Å². The van der Waals surface area contributed by atoms with Crippen LogP contribution in [0.2, 0.25) is 0 Å². The van der Waals surface area contributed by atoms with Crippen LogP contribution < -0.4 is 9.47 Å². The van der Waals surface area contributed by atoms with Crippen molar-refractivity contribution in [3.05, 3.63) is 108 Å². The van der Waals surface area contributed by atoms with Crippen LogP contribution >= 0.6 is 0 Å². The molecule has 0 fully saturated rings. The molecule has 39 heavy (non-hydrogen) atoms. The van der Waals surface area contributed by atoms with Crippen LogP contribution in [-0.4, -0.2) is 29.1 Å². The summed E-state index contributed by atoms with van der Waals surface area (Å²) in [6.45, 7) is 2.30. The zero-order valence-electron chi connectivity index (χ0n) is 21.8. The van der Waals surface area contributed by atoms with Crippen molar-refractivity contribution in [2.75, 3.05) is 7.11 Å². The van der Waals surface area contributed by atoms with Crippen LogP contribution in [0.3, 0.4) is 0 Å². The normalized spacial score (nSPS) is 11.8. The molecule has 196 valence electrons. The van der Waals surface area contributed by atoms with Crippen molar-refractivity contribution in [1.29, 1.82) is 0 Å². The quantitative estimate of drug-likeness (QED) is 0.238. The number of fused-ring (bicyclic) bond motifs is 2. The second kappa shape index (κ2) is 9.63. The van der Waals surface area contributed by atoms with E-state index in [0.717, 1.165) is 33.0 Å². The van der Waals surface area contributed by atoms with E-state index in [1.165, 1.54) is 3.97 Å². The molecule has 0 unspecified atom stereocenters. The number of pyridine rings is 1. The molecule has 0 saturated heterocycles. The number of methoxy groups -OCH3 is 1. The summed E-state index contributed by atoms with van der Waals surface area (Å²) < 4.78 is 43.3. The number of aryl methyl sites for hydroxylation is 2. The van der Waals surface area contributed by atoms with Gasteiger partial charge >= 0.3 is 0 Å². The molecule has 3 heterocycles. The highest BCUT2D eigenvalue weighted by Gasteiger charge is 2.27. The van der Waals surface area contributed by atoms with Crippen LogP contribution in [0.4, 0.5) is 0 Å². The molecule has 6 aromatic rings. The Kier molecular flexibility index (Phi) is 6.12. The van der Waals surface area contributed by atoms with Crippen molar-refractivity contribution in [3.8, 4) is 22.8 Å². The van der Waals surface area contributed by atoms with Gasteiger partial charge in [-0.1, -0.05) is 48.0 Å². The van der Waals surface area contributed by atoms with Crippen molar-refractivity contribution < 1.29 is 17.9 Å². The monoisotopic (exact) mass is 537 g/mol. The first-order valence-corrected chi connectivity index (χ1v) is 13.9. The Bertz CT molecular complexity index is 1920. The molecule has 0 N–H and O–H groups in total. The second-order valence-corrected chi connectivity index (χ2v) is 11.3.